The number of ether oxygens (including phenoxy) is 1. The Bertz CT molecular complexity index is 1010. The lowest BCUT2D eigenvalue weighted by Crippen LogP contribution is -2.14. The van der Waals surface area contributed by atoms with Crippen LogP contribution in [0.15, 0.2) is 45.7 Å². The van der Waals surface area contributed by atoms with E-state index in [0.717, 1.165) is 6.20 Å². The summed E-state index contributed by atoms with van der Waals surface area (Å²) in [4.78, 5) is 28.0. The Morgan fingerprint density at radius 3 is 2.80 bits per heavy atom. The number of rotatable bonds is 3. The van der Waals surface area contributed by atoms with E-state index < -0.39 is 6.09 Å². The van der Waals surface area contributed by atoms with Crippen molar-refractivity contribution in [3.05, 3.63) is 46.8 Å². The number of benzene rings is 1. The first-order valence-electron chi connectivity index (χ1n) is 7.38. The van der Waals surface area contributed by atoms with Gasteiger partial charge in [0, 0.05) is 12.1 Å². The van der Waals surface area contributed by atoms with E-state index in [1.165, 1.54) is 30.3 Å². The Labute approximate surface area is 141 Å². The van der Waals surface area contributed by atoms with Gasteiger partial charge in [-0.1, -0.05) is 0 Å². The van der Waals surface area contributed by atoms with E-state index in [1.54, 1.807) is 6.92 Å². The van der Waals surface area contributed by atoms with Crippen molar-refractivity contribution in [2.45, 2.75) is 6.92 Å². The van der Waals surface area contributed by atoms with E-state index in [1.807, 2.05) is 0 Å². The first-order valence-corrected chi connectivity index (χ1v) is 7.38. The molecule has 8 nitrogen and oxygen atoms in total. The maximum absolute atomic E-state index is 12.3. The molecule has 3 aromatic rings. The molecule has 0 radical (unpaired) electrons. The van der Waals surface area contributed by atoms with Crippen molar-refractivity contribution in [1.29, 1.82) is 0 Å². The van der Waals surface area contributed by atoms with E-state index >= 15 is 0 Å². The van der Waals surface area contributed by atoms with Gasteiger partial charge in [-0.15, -0.1) is 0 Å². The smallest absolute Gasteiger partial charge is 0.411 e. The third-order valence-corrected chi connectivity index (χ3v) is 3.33. The van der Waals surface area contributed by atoms with Crippen LogP contribution in [0.3, 0.4) is 0 Å². The molecule has 0 saturated heterocycles. The summed E-state index contributed by atoms with van der Waals surface area (Å²) >= 11 is 0. The molecular formula is C17H14N2O6. The number of pyridine rings is 1. The first-order chi connectivity index (χ1) is 12.0. The van der Waals surface area contributed by atoms with Gasteiger partial charge in [0.05, 0.1) is 23.9 Å². The number of nitrogens with zero attached hydrogens (tertiary/aromatic N) is 1. The summed E-state index contributed by atoms with van der Waals surface area (Å²) in [5.41, 5.74) is 0.138. The number of aromatic hydroxyl groups is 2. The van der Waals surface area contributed by atoms with Crippen molar-refractivity contribution < 1.29 is 24.2 Å². The molecule has 0 unspecified atom stereocenters. The summed E-state index contributed by atoms with van der Waals surface area (Å²) in [5.74, 6) is -0.140. The van der Waals surface area contributed by atoms with Crippen LogP contribution in [0.5, 0.6) is 11.5 Å². The van der Waals surface area contributed by atoms with Gasteiger partial charge in [0.25, 0.3) is 0 Å². The minimum Gasteiger partial charge on any atom is -0.508 e. The molecule has 3 N–H and O–H groups in total. The number of carbonyl (C=O) groups excluding carboxylic acids is 1. The first kappa shape index (κ1) is 16.3. The van der Waals surface area contributed by atoms with Gasteiger partial charge in [0.1, 0.15) is 22.8 Å². The van der Waals surface area contributed by atoms with Crippen molar-refractivity contribution in [1.82, 2.24) is 4.98 Å². The number of anilines is 1. The predicted molar refractivity (Wildman–Crippen MR) is 89.7 cm³/mol. The monoisotopic (exact) mass is 342 g/mol. The fraction of sp³-hybridized carbons (Fsp3) is 0.118. The molecule has 1 amide bonds. The molecule has 8 heteroatoms. The Morgan fingerprint density at radius 1 is 1.24 bits per heavy atom. The number of aromatic nitrogens is 1. The molecule has 3 rings (SSSR count). The van der Waals surface area contributed by atoms with E-state index in [4.69, 9.17) is 9.15 Å². The zero-order valence-electron chi connectivity index (χ0n) is 13.1. The third kappa shape index (κ3) is 3.37. The molecule has 0 spiro atoms. The van der Waals surface area contributed by atoms with E-state index in [2.05, 4.69) is 10.3 Å². The Balaban J connectivity index is 2.13. The standard InChI is InChI=1S/C17H14N2O6/c1-2-24-17(23)19-12-6-10(21)8-18-16(12)15-7-13(22)11-5-9(20)3-4-14(11)25-15/h3-8,20-21H,2H2,1H3,(H,19,23). The Hall–Kier alpha value is -3.55. The molecular weight excluding hydrogens is 328 g/mol. The second-order valence-corrected chi connectivity index (χ2v) is 5.09. The second-order valence-electron chi connectivity index (χ2n) is 5.09. The van der Waals surface area contributed by atoms with Crippen molar-refractivity contribution in [3.8, 4) is 23.0 Å². The highest BCUT2D eigenvalue weighted by Crippen LogP contribution is 2.30. The van der Waals surface area contributed by atoms with Gasteiger partial charge in [-0.3, -0.25) is 10.1 Å². The zero-order valence-corrected chi connectivity index (χ0v) is 13.1. The number of hydrogen-bond acceptors (Lipinski definition) is 7. The molecule has 0 atom stereocenters. The number of amides is 1. The SMILES string of the molecule is CCOC(=O)Nc1cc(O)cnc1-c1cc(=O)c2cc(O)ccc2o1. The van der Waals surface area contributed by atoms with Crippen molar-refractivity contribution in [3.63, 3.8) is 0 Å². The maximum Gasteiger partial charge on any atom is 0.411 e. The van der Waals surface area contributed by atoms with Gasteiger partial charge < -0.3 is 19.4 Å². The van der Waals surface area contributed by atoms with Crippen LogP contribution >= 0.6 is 0 Å². The van der Waals surface area contributed by atoms with Gasteiger partial charge in [-0.05, 0) is 25.1 Å². The molecule has 0 fully saturated rings. The fourth-order valence-corrected chi connectivity index (χ4v) is 2.28. The summed E-state index contributed by atoms with van der Waals surface area (Å²) in [5, 5.41) is 21.7. The highest BCUT2D eigenvalue weighted by Gasteiger charge is 2.16. The second kappa shape index (κ2) is 6.52. The molecule has 0 aliphatic rings. The molecule has 0 bridgehead atoms. The highest BCUT2D eigenvalue weighted by atomic mass is 16.5. The summed E-state index contributed by atoms with van der Waals surface area (Å²) < 4.78 is 10.5. The molecule has 1 aromatic carbocycles. The predicted octanol–water partition coefficient (Wildman–Crippen LogP) is 2.83. The van der Waals surface area contributed by atoms with Gasteiger partial charge in [-0.2, -0.15) is 0 Å². The van der Waals surface area contributed by atoms with Gasteiger partial charge in [0.2, 0.25) is 0 Å². The summed E-state index contributed by atoms with van der Waals surface area (Å²) in [7, 11) is 0. The molecule has 0 aliphatic carbocycles. The number of fused-ring (bicyclic) bond motifs is 1. The quantitative estimate of drug-likeness (QED) is 0.669. The van der Waals surface area contributed by atoms with Gasteiger partial charge in [-0.25, -0.2) is 9.78 Å². The topological polar surface area (TPSA) is 122 Å². The summed E-state index contributed by atoms with van der Waals surface area (Å²) in [6.07, 6.45) is 0.427. The van der Waals surface area contributed by atoms with Gasteiger partial charge in [0.15, 0.2) is 11.2 Å². The minimum absolute atomic E-state index is 0.0556. The van der Waals surface area contributed by atoms with Crippen LogP contribution in [0, 0.1) is 0 Å². The highest BCUT2D eigenvalue weighted by molar-refractivity contribution is 5.90. The molecule has 0 saturated carbocycles. The average molecular weight is 342 g/mol. The van der Waals surface area contributed by atoms with Crippen LogP contribution in [0.4, 0.5) is 10.5 Å². The van der Waals surface area contributed by atoms with Crippen LogP contribution in [0.2, 0.25) is 0 Å². The van der Waals surface area contributed by atoms with Crippen molar-refractivity contribution in [2.75, 3.05) is 11.9 Å². The van der Waals surface area contributed by atoms with Crippen LogP contribution in [-0.2, 0) is 4.74 Å². The van der Waals surface area contributed by atoms with E-state index in [-0.39, 0.29) is 51.6 Å². The lowest BCUT2D eigenvalue weighted by molar-refractivity contribution is 0.168. The molecule has 25 heavy (non-hydrogen) atoms. The van der Waals surface area contributed by atoms with Crippen LogP contribution in [0.25, 0.3) is 22.4 Å². The fourth-order valence-electron chi connectivity index (χ4n) is 2.28. The lowest BCUT2D eigenvalue weighted by Gasteiger charge is -2.10. The number of hydrogen-bond donors (Lipinski definition) is 3. The molecule has 128 valence electrons. The third-order valence-electron chi connectivity index (χ3n) is 3.33. The van der Waals surface area contributed by atoms with Crippen molar-refractivity contribution >= 4 is 22.7 Å². The molecule has 0 aliphatic heterocycles. The maximum atomic E-state index is 12.3. The largest absolute Gasteiger partial charge is 0.508 e. The van der Waals surface area contributed by atoms with Crippen LogP contribution < -0.4 is 10.7 Å². The molecule has 2 aromatic heterocycles. The Morgan fingerprint density at radius 2 is 2.04 bits per heavy atom. The van der Waals surface area contributed by atoms with E-state index in [0.29, 0.717) is 0 Å². The number of phenols is 1. The van der Waals surface area contributed by atoms with Crippen LogP contribution in [0.1, 0.15) is 6.92 Å². The molecule has 2 heterocycles. The van der Waals surface area contributed by atoms with Crippen LogP contribution in [-0.4, -0.2) is 27.9 Å². The number of carbonyl (C=O) groups is 1. The lowest BCUT2D eigenvalue weighted by atomic mass is 10.1. The zero-order chi connectivity index (χ0) is 18.0. The summed E-state index contributed by atoms with van der Waals surface area (Å²) in [6.45, 7) is 1.82. The van der Waals surface area contributed by atoms with E-state index in [9.17, 15) is 19.8 Å². The Kier molecular flexibility index (Phi) is 4.25. The van der Waals surface area contributed by atoms with Gasteiger partial charge >= 0.3 is 6.09 Å². The average Bonchev–Trinajstić information content (AvgIpc) is 2.56. The minimum atomic E-state index is -0.732. The number of phenolic OH excluding ortho intramolecular Hbond substituents is 1. The number of nitrogens with one attached hydrogen (secondary N) is 1. The normalized spacial score (nSPS) is 10.6. The van der Waals surface area contributed by atoms with Crippen molar-refractivity contribution in [2.24, 2.45) is 0 Å². The summed E-state index contributed by atoms with van der Waals surface area (Å²) in [6, 6.07) is 6.59.